The third-order valence-corrected chi connectivity index (χ3v) is 9.66. The Balaban J connectivity index is 1.51. The zero-order chi connectivity index (χ0) is 27.4. The summed E-state index contributed by atoms with van der Waals surface area (Å²) in [7, 11) is 1.48. The predicted molar refractivity (Wildman–Crippen MR) is 140 cm³/mol. The number of carbonyl (C=O) groups excluding carboxylic acids is 2. The van der Waals surface area contributed by atoms with Gasteiger partial charge in [-0.2, -0.15) is 0 Å². The summed E-state index contributed by atoms with van der Waals surface area (Å²) in [5.41, 5.74) is -0.141. The molecule has 8 nitrogen and oxygen atoms in total. The van der Waals surface area contributed by atoms with Gasteiger partial charge in [-0.15, -0.1) is 6.58 Å². The van der Waals surface area contributed by atoms with Gasteiger partial charge in [0, 0.05) is 49.3 Å². The van der Waals surface area contributed by atoms with Gasteiger partial charge < -0.3 is 29.4 Å². The molecule has 2 fully saturated rings. The number of carbonyl (C=O) groups is 2. The second-order valence-electron chi connectivity index (χ2n) is 11.5. The highest BCUT2D eigenvalue weighted by Crippen LogP contribution is 2.66. The maximum atomic E-state index is 13.0. The molecule has 0 amide bonds. The van der Waals surface area contributed by atoms with Crippen molar-refractivity contribution in [3.05, 3.63) is 60.5 Å². The van der Waals surface area contributed by atoms with E-state index >= 15 is 0 Å². The van der Waals surface area contributed by atoms with E-state index in [1.165, 1.54) is 7.11 Å². The van der Waals surface area contributed by atoms with Crippen LogP contribution >= 0.6 is 0 Å². The second-order valence-corrected chi connectivity index (χ2v) is 11.5. The Kier molecular flexibility index (Phi) is 7.18. The Hall–Kier alpha value is -2.68. The summed E-state index contributed by atoms with van der Waals surface area (Å²) < 4.78 is 17.3. The fourth-order valence-electron chi connectivity index (χ4n) is 7.67. The summed E-state index contributed by atoms with van der Waals surface area (Å²) in [5.74, 6) is -2.50. The molecule has 1 aromatic rings. The van der Waals surface area contributed by atoms with Crippen LogP contribution in [0.2, 0.25) is 0 Å². The second kappa shape index (κ2) is 10.1. The van der Waals surface area contributed by atoms with Crippen molar-refractivity contribution in [2.45, 2.75) is 63.6 Å². The van der Waals surface area contributed by atoms with E-state index in [1.54, 1.807) is 24.4 Å². The van der Waals surface area contributed by atoms with Gasteiger partial charge in [0.1, 0.15) is 17.9 Å². The molecule has 0 spiro atoms. The Labute approximate surface area is 223 Å². The lowest BCUT2D eigenvalue weighted by atomic mass is 9.46. The standard InChI is InChI=1S/C30H39NO7/c1-6-8-21-15(2)13-16(3)30(35)18(14-22(36-5)29(34)37-21)10-11-19-23-24(25(19)30)26(32)17(4)27(23)38-28(33)20-9-7-12-31-20/h6-7,9-13,15,17-19,21-27,31-32,35H,1,8,14H2,2-5H3/b16-13+/t15-,17-,18-,19+,21+,22+,23+,24?,25+,26-,27-,30+/m1/s1. The van der Waals surface area contributed by atoms with Crippen LogP contribution in [0, 0.1) is 41.4 Å². The minimum absolute atomic E-state index is 0.0826. The van der Waals surface area contributed by atoms with Crippen molar-refractivity contribution in [1.29, 1.82) is 0 Å². The van der Waals surface area contributed by atoms with E-state index in [1.807, 2.05) is 32.9 Å². The normalized spacial score (nSPS) is 45.4. The lowest BCUT2D eigenvalue weighted by Crippen LogP contribution is -2.65. The number of cyclic esters (lactones) is 1. The van der Waals surface area contributed by atoms with E-state index in [-0.39, 0.29) is 41.9 Å². The topological polar surface area (TPSA) is 118 Å². The minimum Gasteiger partial charge on any atom is -0.460 e. The van der Waals surface area contributed by atoms with Crippen LogP contribution in [0.3, 0.4) is 0 Å². The Morgan fingerprint density at radius 1 is 1.32 bits per heavy atom. The summed E-state index contributed by atoms with van der Waals surface area (Å²) in [5, 5.41) is 24.0. The molecule has 206 valence electrons. The lowest BCUT2D eigenvalue weighted by molar-refractivity contribution is -0.184. The zero-order valence-electron chi connectivity index (χ0n) is 22.4. The number of H-pyrrole nitrogens is 1. The van der Waals surface area contributed by atoms with Crippen LogP contribution in [0.1, 0.15) is 44.1 Å². The molecule has 38 heavy (non-hydrogen) atoms. The molecule has 0 aromatic carbocycles. The minimum atomic E-state index is -1.30. The number of fused-ring (bicyclic) bond motifs is 6. The highest BCUT2D eigenvalue weighted by molar-refractivity contribution is 5.87. The average Bonchev–Trinajstić information content (AvgIpc) is 3.47. The van der Waals surface area contributed by atoms with Crippen LogP contribution in [-0.4, -0.2) is 64.3 Å². The zero-order valence-corrected chi connectivity index (χ0v) is 22.4. The molecule has 0 radical (unpaired) electrons. The van der Waals surface area contributed by atoms with E-state index in [4.69, 9.17) is 14.2 Å². The molecule has 2 saturated carbocycles. The van der Waals surface area contributed by atoms with E-state index in [0.717, 1.165) is 5.57 Å². The number of nitrogens with one attached hydrogen (secondary N) is 1. The number of aliphatic hydroxyl groups is 2. The molecule has 12 atom stereocenters. The molecule has 1 aliphatic heterocycles. The van der Waals surface area contributed by atoms with Crippen LogP contribution in [0.5, 0.6) is 0 Å². The Morgan fingerprint density at radius 3 is 2.74 bits per heavy atom. The van der Waals surface area contributed by atoms with Crippen LogP contribution in [-0.2, 0) is 19.0 Å². The molecule has 3 N–H and O–H groups in total. The van der Waals surface area contributed by atoms with Crippen molar-refractivity contribution in [1.82, 2.24) is 4.98 Å². The number of rotatable bonds is 5. The molecule has 2 heterocycles. The molecule has 0 bridgehead atoms. The summed E-state index contributed by atoms with van der Waals surface area (Å²) in [4.78, 5) is 28.7. The van der Waals surface area contributed by atoms with Gasteiger partial charge in [0.15, 0.2) is 6.10 Å². The van der Waals surface area contributed by atoms with Gasteiger partial charge in [-0.3, -0.25) is 0 Å². The molecular formula is C30H39NO7. The largest absolute Gasteiger partial charge is 0.460 e. The van der Waals surface area contributed by atoms with E-state index < -0.39 is 47.9 Å². The van der Waals surface area contributed by atoms with Crippen molar-refractivity contribution in [3.8, 4) is 0 Å². The van der Waals surface area contributed by atoms with Gasteiger partial charge in [0.25, 0.3) is 0 Å². The quantitative estimate of drug-likeness (QED) is 0.398. The van der Waals surface area contributed by atoms with Crippen LogP contribution < -0.4 is 0 Å². The monoisotopic (exact) mass is 525 g/mol. The first-order valence-corrected chi connectivity index (χ1v) is 13.6. The predicted octanol–water partition coefficient (Wildman–Crippen LogP) is 3.44. The van der Waals surface area contributed by atoms with Crippen molar-refractivity contribution in [2.75, 3.05) is 7.11 Å². The molecular weight excluding hydrogens is 486 g/mol. The molecule has 3 aliphatic carbocycles. The fourth-order valence-corrected chi connectivity index (χ4v) is 7.67. The first-order chi connectivity index (χ1) is 18.1. The van der Waals surface area contributed by atoms with Crippen LogP contribution in [0.4, 0.5) is 0 Å². The van der Waals surface area contributed by atoms with Gasteiger partial charge in [-0.1, -0.05) is 38.2 Å². The summed E-state index contributed by atoms with van der Waals surface area (Å²) in [6.45, 7) is 9.61. The van der Waals surface area contributed by atoms with Crippen molar-refractivity contribution < 1.29 is 34.0 Å². The van der Waals surface area contributed by atoms with Crippen molar-refractivity contribution >= 4 is 11.9 Å². The third kappa shape index (κ3) is 4.08. The third-order valence-electron chi connectivity index (χ3n) is 9.66. The highest BCUT2D eigenvalue weighted by atomic mass is 16.6. The average molecular weight is 526 g/mol. The number of ether oxygens (including phenoxy) is 3. The maximum Gasteiger partial charge on any atom is 0.355 e. The number of esters is 2. The highest BCUT2D eigenvalue weighted by Gasteiger charge is 2.71. The summed E-state index contributed by atoms with van der Waals surface area (Å²) in [6.07, 6.45) is 7.70. The van der Waals surface area contributed by atoms with Crippen LogP contribution in [0.25, 0.3) is 0 Å². The van der Waals surface area contributed by atoms with E-state index in [9.17, 15) is 19.8 Å². The smallest absolute Gasteiger partial charge is 0.355 e. The SMILES string of the molecule is C=CC[C@@H]1OC(=O)[C@@H](OC)C[C@H]2C=C[C@H]3[C@H]4C([C@H]3[C@]2(O)/C(C)=C/[C@H]1C)[C@H](O)[C@@H](C)[C@H]4OC(=O)c1ccc[nH]1. The molecule has 0 saturated heterocycles. The number of aromatic amines is 1. The Morgan fingerprint density at radius 2 is 2.08 bits per heavy atom. The molecule has 8 heteroatoms. The van der Waals surface area contributed by atoms with Gasteiger partial charge in [0.05, 0.1) is 11.7 Å². The molecule has 1 aromatic heterocycles. The number of hydrogen-bond acceptors (Lipinski definition) is 7. The Bertz CT molecular complexity index is 1130. The first kappa shape index (κ1) is 26.9. The lowest BCUT2D eigenvalue weighted by Gasteiger charge is -2.61. The van der Waals surface area contributed by atoms with Gasteiger partial charge in [-0.25, -0.2) is 9.59 Å². The summed E-state index contributed by atoms with van der Waals surface area (Å²) >= 11 is 0. The number of allylic oxidation sites excluding steroid dienone is 1. The van der Waals surface area contributed by atoms with E-state index in [0.29, 0.717) is 12.1 Å². The number of methoxy groups -OCH3 is 1. The number of aliphatic hydroxyl groups excluding tert-OH is 1. The van der Waals surface area contributed by atoms with Crippen LogP contribution in [0.15, 0.2) is 54.8 Å². The molecule has 4 aliphatic rings. The number of hydrogen-bond donors (Lipinski definition) is 3. The first-order valence-electron chi connectivity index (χ1n) is 13.6. The molecule has 5 rings (SSSR count). The van der Waals surface area contributed by atoms with Gasteiger partial charge in [0.2, 0.25) is 0 Å². The van der Waals surface area contributed by atoms with E-state index in [2.05, 4.69) is 17.6 Å². The van der Waals surface area contributed by atoms with Crippen molar-refractivity contribution in [3.63, 3.8) is 0 Å². The summed E-state index contributed by atoms with van der Waals surface area (Å²) in [6, 6.07) is 3.41. The maximum absolute atomic E-state index is 13.0. The van der Waals surface area contributed by atoms with Gasteiger partial charge in [-0.05, 0) is 42.9 Å². The van der Waals surface area contributed by atoms with Crippen molar-refractivity contribution in [2.24, 2.45) is 41.4 Å². The number of aromatic nitrogens is 1. The fraction of sp³-hybridized carbons (Fsp3) is 0.600. The van der Waals surface area contributed by atoms with Gasteiger partial charge >= 0.3 is 11.9 Å². The molecule has 1 unspecified atom stereocenters.